The number of hydrogen-bond donors (Lipinski definition) is 1. The van der Waals surface area contributed by atoms with Crippen LogP contribution in [0.3, 0.4) is 0 Å². The van der Waals surface area contributed by atoms with Crippen molar-refractivity contribution < 1.29 is 9.53 Å². The van der Waals surface area contributed by atoms with Crippen molar-refractivity contribution in [2.24, 2.45) is 0 Å². The fourth-order valence-corrected chi connectivity index (χ4v) is 2.18. The van der Waals surface area contributed by atoms with Gasteiger partial charge in [-0.25, -0.2) is 0 Å². The lowest BCUT2D eigenvalue weighted by Crippen LogP contribution is -2.23. The van der Waals surface area contributed by atoms with E-state index >= 15 is 0 Å². The predicted molar refractivity (Wildman–Crippen MR) is 57.5 cm³/mol. The molecule has 1 heterocycles. The third kappa shape index (κ3) is 3.12. The fourth-order valence-electron chi connectivity index (χ4n) is 1.23. The Bertz CT molecular complexity index is 320. The molecule has 0 aliphatic rings. The number of thiophene rings is 1. The number of methoxy groups -OCH3 is 1. The second-order valence-electron chi connectivity index (χ2n) is 3.12. The third-order valence-corrected chi connectivity index (χ3v) is 2.96. The van der Waals surface area contributed by atoms with Gasteiger partial charge in [-0.3, -0.25) is 4.79 Å². The molecule has 0 aliphatic carbocycles. The lowest BCUT2D eigenvalue weighted by atomic mass is 10.2. The minimum Gasteiger partial charge on any atom is -0.468 e. The molecule has 78 valence electrons. The van der Waals surface area contributed by atoms with Crippen LogP contribution in [-0.2, 0) is 16.1 Å². The highest BCUT2D eigenvalue weighted by Crippen LogP contribution is 2.19. The predicted octanol–water partition coefficient (Wildman–Crippen LogP) is 1.63. The van der Waals surface area contributed by atoms with Gasteiger partial charge in [0.1, 0.15) is 0 Å². The van der Waals surface area contributed by atoms with E-state index in [1.807, 2.05) is 0 Å². The van der Waals surface area contributed by atoms with Crippen LogP contribution in [0.25, 0.3) is 0 Å². The molecular weight excluding hydrogens is 198 g/mol. The minimum atomic E-state index is -0.227. The highest BCUT2D eigenvalue weighted by molar-refractivity contribution is 7.12. The Kier molecular flexibility index (Phi) is 4.10. The summed E-state index contributed by atoms with van der Waals surface area (Å²) in [5.41, 5.74) is 1.26. The van der Waals surface area contributed by atoms with Gasteiger partial charge < -0.3 is 10.1 Å². The van der Waals surface area contributed by atoms with Crippen LogP contribution in [0.4, 0.5) is 0 Å². The normalized spacial score (nSPS) is 10.2. The molecule has 0 atom stereocenters. The molecule has 0 radical (unpaired) electrons. The van der Waals surface area contributed by atoms with E-state index in [4.69, 9.17) is 0 Å². The number of rotatable bonds is 4. The molecular formula is C10H15NO2S. The van der Waals surface area contributed by atoms with Gasteiger partial charge in [-0.2, -0.15) is 0 Å². The summed E-state index contributed by atoms with van der Waals surface area (Å²) in [5.74, 6) is -0.227. The van der Waals surface area contributed by atoms with Crippen molar-refractivity contribution in [1.82, 2.24) is 5.32 Å². The van der Waals surface area contributed by atoms with Gasteiger partial charge in [0.25, 0.3) is 0 Å². The monoisotopic (exact) mass is 213 g/mol. The number of nitrogens with one attached hydrogen (secondary N) is 1. The van der Waals surface area contributed by atoms with E-state index in [0.717, 1.165) is 6.54 Å². The molecule has 0 aliphatic heterocycles. The van der Waals surface area contributed by atoms with Crippen molar-refractivity contribution in [3.05, 3.63) is 21.4 Å². The summed E-state index contributed by atoms with van der Waals surface area (Å²) in [7, 11) is 1.39. The molecule has 0 bridgehead atoms. The molecule has 0 amide bonds. The topological polar surface area (TPSA) is 38.3 Å². The van der Waals surface area contributed by atoms with Crippen molar-refractivity contribution in [3.63, 3.8) is 0 Å². The molecule has 14 heavy (non-hydrogen) atoms. The fraction of sp³-hybridized carbons (Fsp3) is 0.500. The average molecular weight is 213 g/mol. The zero-order valence-corrected chi connectivity index (χ0v) is 9.53. The maximum Gasteiger partial charge on any atom is 0.319 e. The van der Waals surface area contributed by atoms with Gasteiger partial charge in [0.2, 0.25) is 0 Å². The molecule has 1 aromatic rings. The van der Waals surface area contributed by atoms with Crippen LogP contribution >= 0.6 is 11.3 Å². The van der Waals surface area contributed by atoms with E-state index in [9.17, 15) is 4.79 Å². The van der Waals surface area contributed by atoms with E-state index in [2.05, 4.69) is 30.0 Å². The molecule has 1 N–H and O–H groups in total. The van der Waals surface area contributed by atoms with Gasteiger partial charge >= 0.3 is 5.97 Å². The largest absolute Gasteiger partial charge is 0.468 e. The Morgan fingerprint density at radius 3 is 2.79 bits per heavy atom. The molecule has 0 aromatic carbocycles. The lowest BCUT2D eigenvalue weighted by Gasteiger charge is -2.02. The Morgan fingerprint density at radius 2 is 2.29 bits per heavy atom. The van der Waals surface area contributed by atoms with Crippen molar-refractivity contribution in [3.8, 4) is 0 Å². The quantitative estimate of drug-likeness (QED) is 0.772. The van der Waals surface area contributed by atoms with E-state index in [0.29, 0.717) is 0 Å². The molecule has 0 unspecified atom stereocenters. The first kappa shape index (κ1) is 11.2. The highest BCUT2D eigenvalue weighted by atomic mass is 32.1. The first-order valence-electron chi connectivity index (χ1n) is 4.47. The highest BCUT2D eigenvalue weighted by Gasteiger charge is 2.03. The van der Waals surface area contributed by atoms with Crippen LogP contribution < -0.4 is 5.32 Å². The number of esters is 1. The molecule has 0 saturated heterocycles. The summed E-state index contributed by atoms with van der Waals surface area (Å²) in [6.07, 6.45) is 0. The summed E-state index contributed by atoms with van der Waals surface area (Å²) >= 11 is 1.78. The Morgan fingerprint density at radius 1 is 1.57 bits per heavy atom. The van der Waals surface area contributed by atoms with Crippen LogP contribution in [0, 0.1) is 13.8 Å². The summed E-state index contributed by atoms with van der Waals surface area (Å²) in [4.78, 5) is 13.4. The summed E-state index contributed by atoms with van der Waals surface area (Å²) in [5, 5.41) is 3.04. The number of carbonyl (C=O) groups is 1. The zero-order valence-electron chi connectivity index (χ0n) is 8.72. The lowest BCUT2D eigenvalue weighted by molar-refractivity contribution is -0.139. The molecule has 3 nitrogen and oxygen atoms in total. The molecule has 1 rings (SSSR count). The standard InChI is InChI=1S/C10H15NO2S/c1-7-4-9(8(2)14-7)5-11-6-10(12)13-3/h4,11H,5-6H2,1-3H3. The molecule has 4 heteroatoms. The smallest absolute Gasteiger partial charge is 0.319 e. The first-order valence-corrected chi connectivity index (χ1v) is 5.28. The second-order valence-corrected chi connectivity index (χ2v) is 4.58. The van der Waals surface area contributed by atoms with E-state index in [1.165, 1.54) is 22.4 Å². The number of hydrogen-bond acceptors (Lipinski definition) is 4. The van der Waals surface area contributed by atoms with Crippen LogP contribution in [-0.4, -0.2) is 19.6 Å². The maximum atomic E-state index is 10.8. The van der Waals surface area contributed by atoms with Crippen LogP contribution in [0.15, 0.2) is 6.07 Å². The summed E-state index contributed by atoms with van der Waals surface area (Å²) < 4.78 is 4.52. The van der Waals surface area contributed by atoms with Crippen molar-refractivity contribution in [2.45, 2.75) is 20.4 Å². The van der Waals surface area contributed by atoms with E-state index < -0.39 is 0 Å². The maximum absolute atomic E-state index is 10.8. The summed E-state index contributed by atoms with van der Waals surface area (Å²) in [6.45, 7) is 5.17. The number of ether oxygens (including phenoxy) is 1. The molecule has 1 aromatic heterocycles. The van der Waals surface area contributed by atoms with E-state index in [-0.39, 0.29) is 12.5 Å². The van der Waals surface area contributed by atoms with Gasteiger partial charge in [-0.1, -0.05) is 0 Å². The number of carbonyl (C=O) groups excluding carboxylic acids is 1. The zero-order chi connectivity index (χ0) is 10.6. The Balaban J connectivity index is 2.38. The number of aryl methyl sites for hydroxylation is 2. The van der Waals surface area contributed by atoms with Gasteiger partial charge in [-0.15, -0.1) is 11.3 Å². The minimum absolute atomic E-state index is 0.227. The van der Waals surface area contributed by atoms with Gasteiger partial charge in [0.05, 0.1) is 13.7 Å². The van der Waals surface area contributed by atoms with Crippen molar-refractivity contribution in [2.75, 3.05) is 13.7 Å². The van der Waals surface area contributed by atoms with Gasteiger partial charge in [-0.05, 0) is 25.5 Å². The Hall–Kier alpha value is -0.870. The molecule has 0 spiro atoms. The van der Waals surface area contributed by atoms with E-state index in [1.54, 1.807) is 11.3 Å². The van der Waals surface area contributed by atoms with Crippen LogP contribution in [0.2, 0.25) is 0 Å². The average Bonchev–Trinajstić information content (AvgIpc) is 2.45. The van der Waals surface area contributed by atoms with Crippen LogP contribution in [0.5, 0.6) is 0 Å². The second kappa shape index (κ2) is 5.12. The van der Waals surface area contributed by atoms with Crippen LogP contribution in [0.1, 0.15) is 15.3 Å². The third-order valence-electron chi connectivity index (χ3n) is 1.96. The SMILES string of the molecule is COC(=O)CNCc1cc(C)sc1C. The van der Waals surface area contributed by atoms with Crippen molar-refractivity contribution in [1.29, 1.82) is 0 Å². The van der Waals surface area contributed by atoms with Gasteiger partial charge in [0, 0.05) is 16.3 Å². The Labute approximate surface area is 88.1 Å². The first-order chi connectivity index (χ1) is 6.63. The van der Waals surface area contributed by atoms with Gasteiger partial charge in [0.15, 0.2) is 0 Å². The van der Waals surface area contributed by atoms with Crippen molar-refractivity contribution >= 4 is 17.3 Å². The molecule has 0 fully saturated rings. The molecule has 0 saturated carbocycles. The summed E-state index contributed by atoms with van der Waals surface area (Å²) in [6, 6.07) is 2.14.